The van der Waals surface area contributed by atoms with E-state index in [1.807, 2.05) is 66.7 Å². The fourth-order valence-corrected chi connectivity index (χ4v) is 3.64. The maximum absolute atomic E-state index is 15.0. The fraction of sp³-hybridized carbons (Fsp3) is 0.103. The molecule has 30 heavy (non-hydrogen) atoms. The molecule has 0 heterocycles. The van der Waals surface area contributed by atoms with Crippen molar-refractivity contribution in [1.82, 2.24) is 0 Å². The normalized spacial score (nSPS) is 12.2. The van der Waals surface area contributed by atoms with Crippen LogP contribution in [0.2, 0.25) is 0 Å². The van der Waals surface area contributed by atoms with E-state index in [1.54, 1.807) is 6.07 Å². The van der Waals surface area contributed by atoms with Crippen LogP contribution in [0.3, 0.4) is 0 Å². The molecule has 4 aromatic rings. The number of hydrogen-bond donors (Lipinski definition) is 0. The Kier molecular flexibility index (Phi) is 6.20. The van der Waals surface area contributed by atoms with E-state index in [1.165, 1.54) is 11.1 Å². The molecule has 0 spiro atoms. The van der Waals surface area contributed by atoms with Crippen LogP contribution in [0.1, 0.15) is 35.1 Å². The van der Waals surface area contributed by atoms with Crippen LogP contribution in [0.15, 0.2) is 97.1 Å². The molecule has 0 bridgehead atoms. The summed E-state index contributed by atoms with van der Waals surface area (Å²) in [5.41, 5.74) is 5.61. The summed E-state index contributed by atoms with van der Waals surface area (Å²) >= 11 is 0. The van der Waals surface area contributed by atoms with Gasteiger partial charge in [-0.2, -0.15) is 0 Å². The maximum atomic E-state index is 15.0. The molecule has 4 rings (SSSR count). The summed E-state index contributed by atoms with van der Waals surface area (Å²) in [7, 11) is 0. The Morgan fingerprint density at radius 3 is 2.23 bits per heavy atom. The SMILES string of the molecule is CC(Cc1ccccc1)c1[c]cc(/C=C\c2cccc(-c3ccccc3)c2F)cc1. The summed E-state index contributed by atoms with van der Waals surface area (Å²) in [5, 5.41) is 0. The number of benzene rings is 4. The van der Waals surface area contributed by atoms with Crippen molar-refractivity contribution in [2.24, 2.45) is 0 Å². The standard InChI is InChI=1S/C29H24F/c1-22(21-24-9-4-2-5-10-24)25-18-15-23(16-19-25)17-20-27-13-8-14-28(29(27)30)26-11-6-3-7-12-26/h2-18,20,22H,21H2,1H3/b20-17-. The highest BCUT2D eigenvalue weighted by molar-refractivity contribution is 5.74. The second-order valence-corrected chi connectivity index (χ2v) is 7.58. The highest BCUT2D eigenvalue weighted by Gasteiger charge is 2.08. The fourth-order valence-electron chi connectivity index (χ4n) is 3.64. The molecule has 147 valence electrons. The van der Waals surface area contributed by atoms with Gasteiger partial charge in [-0.25, -0.2) is 4.39 Å². The van der Waals surface area contributed by atoms with Crippen LogP contribution < -0.4 is 0 Å². The predicted molar refractivity (Wildman–Crippen MR) is 125 cm³/mol. The van der Waals surface area contributed by atoms with Crippen molar-refractivity contribution in [3.8, 4) is 11.1 Å². The average molecular weight is 392 g/mol. The topological polar surface area (TPSA) is 0 Å². The summed E-state index contributed by atoms with van der Waals surface area (Å²) in [6.07, 6.45) is 4.76. The largest absolute Gasteiger partial charge is 0.206 e. The summed E-state index contributed by atoms with van der Waals surface area (Å²) in [5.74, 6) is 0.197. The Morgan fingerprint density at radius 2 is 1.53 bits per heavy atom. The minimum Gasteiger partial charge on any atom is -0.206 e. The van der Waals surface area contributed by atoms with Crippen molar-refractivity contribution in [3.63, 3.8) is 0 Å². The van der Waals surface area contributed by atoms with Gasteiger partial charge in [-0.05, 0) is 46.7 Å². The highest BCUT2D eigenvalue weighted by atomic mass is 19.1. The molecule has 0 nitrogen and oxygen atoms in total. The lowest BCUT2D eigenvalue weighted by Crippen LogP contribution is -1.98. The molecule has 0 aliphatic carbocycles. The Bertz CT molecular complexity index is 1110. The van der Waals surface area contributed by atoms with Crippen LogP contribution in [-0.2, 0) is 6.42 Å². The van der Waals surface area contributed by atoms with Gasteiger partial charge in [-0.3, -0.25) is 0 Å². The molecule has 0 N–H and O–H groups in total. The Hall–Kier alpha value is -3.45. The van der Waals surface area contributed by atoms with Crippen LogP contribution in [0.25, 0.3) is 23.3 Å². The molecular weight excluding hydrogens is 367 g/mol. The quantitative estimate of drug-likeness (QED) is 0.294. The molecule has 0 saturated heterocycles. The van der Waals surface area contributed by atoms with Crippen molar-refractivity contribution in [2.45, 2.75) is 19.3 Å². The minimum absolute atomic E-state index is 0.197. The monoisotopic (exact) mass is 391 g/mol. The van der Waals surface area contributed by atoms with Crippen LogP contribution in [0.5, 0.6) is 0 Å². The predicted octanol–water partition coefficient (Wildman–Crippen LogP) is 7.81. The molecule has 0 saturated carbocycles. The number of rotatable bonds is 6. The van der Waals surface area contributed by atoms with Crippen LogP contribution in [0.4, 0.5) is 4.39 Å². The molecular formula is C29H24F. The number of halogens is 1. The third-order valence-electron chi connectivity index (χ3n) is 5.35. The molecule has 1 heteroatoms. The molecule has 1 radical (unpaired) electrons. The van der Waals surface area contributed by atoms with Crippen LogP contribution in [-0.4, -0.2) is 0 Å². The van der Waals surface area contributed by atoms with E-state index < -0.39 is 0 Å². The van der Waals surface area contributed by atoms with E-state index in [0.29, 0.717) is 17.0 Å². The highest BCUT2D eigenvalue weighted by Crippen LogP contribution is 2.26. The lowest BCUT2D eigenvalue weighted by molar-refractivity contribution is 0.628. The minimum atomic E-state index is -0.197. The van der Waals surface area contributed by atoms with Gasteiger partial charge in [0.15, 0.2) is 0 Å². The summed E-state index contributed by atoms with van der Waals surface area (Å²) in [6, 6.07) is 35.2. The van der Waals surface area contributed by atoms with E-state index in [-0.39, 0.29) is 5.82 Å². The summed E-state index contributed by atoms with van der Waals surface area (Å²) < 4.78 is 15.0. The molecule has 0 amide bonds. The molecule has 1 atom stereocenters. The van der Waals surface area contributed by atoms with Gasteiger partial charge >= 0.3 is 0 Å². The van der Waals surface area contributed by atoms with Crippen molar-refractivity contribution in [3.05, 3.63) is 131 Å². The average Bonchev–Trinajstić information content (AvgIpc) is 2.80. The van der Waals surface area contributed by atoms with Gasteiger partial charge in [0.2, 0.25) is 0 Å². The van der Waals surface area contributed by atoms with Gasteiger partial charge in [-0.15, -0.1) is 0 Å². The Morgan fingerprint density at radius 1 is 0.800 bits per heavy atom. The third-order valence-corrected chi connectivity index (χ3v) is 5.35. The molecule has 4 aromatic carbocycles. The first kappa shape index (κ1) is 19.8. The van der Waals surface area contributed by atoms with Gasteiger partial charge in [0.25, 0.3) is 0 Å². The second-order valence-electron chi connectivity index (χ2n) is 7.58. The van der Waals surface area contributed by atoms with Gasteiger partial charge in [-0.1, -0.05) is 110 Å². The van der Waals surface area contributed by atoms with Gasteiger partial charge < -0.3 is 0 Å². The van der Waals surface area contributed by atoms with Gasteiger partial charge in [0, 0.05) is 11.1 Å². The molecule has 0 aromatic heterocycles. The zero-order valence-corrected chi connectivity index (χ0v) is 17.1. The zero-order chi connectivity index (χ0) is 20.8. The smallest absolute Gasteiger partial charge is 0.138 e. The first-order valence-corrected chi connectivity index (χ1v) is 10.3. The first-order chi connectivity index (χ1) is 14.7. The van der Waals surface area contributed by atoms with Crippen LogP contribution in [0, 0.1) is 11.9 Å². The summed E-state index contributed by atoms with van der Waals surface area (Å²) in [4.78, 5) is 0. The molecule has 1 unspecified atom stereocenters. The lowest BCUT2D eigenvalue weighted by Gasteiger charge is -2.12. The molecule has 0 aliphatic heterocycles. The van der Waals surface area contributed by atoms with Crippen molar-refractivity contribution in [2.75, 3.05) is 0 Å². The van der Waals surface area contributed by atoms with E-state index in [2.05, 4.69) is 49.4 Å². The number of hydrogen-bond acceptors (Lipinski definition) is 0. The van der Waals surface area contributed by atoms with E-state index in [0.717, 1.165) is 17.5 Å². The van der Waals surface area contributed by atoms with E-state index >= 15 is 0 Å². The van der Waals surface area contributed by atoms with Gasteiger partial charge in [0.1, 0.15) is 5.82 Å². The molecule has 0 aliphatic rings. The Labute approximate surface area is 178 Å². The first-order valence-electron chi connectivity index (χ1n) is 10.3. The second kappa shape index (κ2) is 9.37. The van der Waals surface area contributed by atoms with E-state index in [9.17, 15) is 4.39 Å². The zero-order valence-electron chi connectivity index (χ0n) is 17.1. The van der Waals surface area contributed by atoms with Crippen LogP contribution >= 0.6 is 0 Å². The lowest BCUT2D eigenvalue weighted by atomic mass is 9.93. The molecule has 0 fully saturated rings. The van der Waals surface area contributed by atoms with Gasteiger partial charge in [0.05, 0.1) is 0 Å². The third kappa shape index (κ3) is 4.75. The van der Waals surface area contributed by atoms with E-state index in [4.69, 9.17) is 0 Å². The van der Waals surface area contributed by atoms with Crippen molar-refractivity contribution >= 4 is 12.2 Å². The Balaban J connectivity index is 1.48. The van der Waals surface area contributed by atoms with Crippen molar-refractivity contribution in [1.29, 1.82) is 0 Å². The summed E-state index contributed by atoms with van der Waals surface area (Å²) in [6.45, 7) is 2.22. The van der Waals surface area contributed by atoms with Crippen molar-refractivity contribution < 1.29 is 4.39 Å². The maximum Gasteiger partial charge on any atom is 0.138 e.